The molecular weight excluding hydrogens is 360 g/mol. The van der Waals surface area contributed by atoms with Gasteiger partial charge < -0.3 is 15.3 Å². The van der Waals surface area contributed by atoms with Crippen molar-refractivity contribution in [3.63, 3.8) is 0 Å². The van der Waals surface area contributed by atoms with Gasteiger partial charge in [0.25, 0.3) is 0 Å². The van der Waals surface area contributed by atoms with Gasteiger partial charge in [0.2, 0.25) is 0 Å². The van der Waals surface area contributed by atoms with Gasteiger partial charge in [-0.15, -0.1) is 0 Å². The van der Waals surface area contributed by atoms with Gasteiger partial charge in [0.1, 0.15) is 17.2 Å². The summed E-state index contributed by atoms with van der Waals surface area (Å²) < 4.78 is 0. The van der Waals surface area contributed by atoms with Gasteiger partial charge in [-0.1, -0.05) is 18.2 Å². The molecule has 29 heavy (non-hydrogen) atoms. The quantitative estimate of drug-likeness (QED) is 0.525. The van der Waals surface area contributed by atoms with Crippen molar-refractivity contribution in [2.24, 2.45) is 0 Å². The number of benzene rings is 3. The van der Waals surface area contributed by atoms with Crippen molar-refractivity contribution in [2.45, 2.75) is 54.4 Å². The first-order valence-electron chi connectivity index (χ1n) is 9.97. The molecule has 0 aliphatic rings. The maximum Gasteiger partial charge on any atom is 0.122 e. The lowest BCUT2D eigenvalue weighted by Crippen LogP contribution is -2.01. The van der Waals surface area contributed by atoms with Gasteiger partial charge in [0, 0.05) is 18.4 Å². The van der Waals surface area contributed by atoms with Gasteiger partial charge >= 0.3 is 0 Å². The van der Waals surface area contributed by atoms with E-state index in [2.05, 4.69) is 0 Å². The number of hydrogen-bond donors (Lipinski definition) is 3. The summed E-state index contributed by atoms with van der Waals surface area (Å²) in [5, 5.41) is 31.9. The second-order valence-electron chi connectivity index (χ2n) is 8.29. The van der Waals surface area contributed by atoms with E-state index in [1.165, 1.54) is 0 Å². The molecule has 3 aromatic rings. The molecule has 3 nitrogen and oxygen atoms in total. The van der Waals surface area contributed by atoms with Gasteiger partial charge in [0.15, 0.2) is 0 Å². The van der Waals surface area contributed by atoms with Crippen LogP contribution in [0.5, 0.6) is 17.2 Å². The van der Waals surface area contributed by atoms with Crippen molar-refractivity contribution in [3.05, 3.63) is 86.0 Å². The van der Waals surface area contributed by atoms with E-state index >= 15 is 0 Å². The monoisotopic (exact) mass is 390 g/mol. The third kappa shape index (κ3) is 4.09. The smallest absolute Gasteiger partial charge is 0.122 e. The highest BCUT2D eigenvalue weighted by molar-refractivity contribution is 5.55. The molecule has 3 N–H and O–H groups in total. The van der Waals surface area contributed by atoms with Crippen molar-refractivity contribution < 1.29 is 15.3 Å². The maximum absolute atomic E-state index is 11.1. The second-order valence-corrected chi connectivity index (χ2v) is 8.29. The lowest BCUT2D eigenvalue weighted by atomic mass is 9.89. The van der Waals surface area contributed by atoms with E-state index < -0.39 is 0 Å². The summed E-state index contributed by atoms with van der Waals surface area (Å²) in [5.41, 5.74) is 9.62. The van der Waals surface area contributed by atoms with Crippen LogP contribution in [0.3, 0.4) is 0 Å². The summed E-state index contributed by atoms with van der Waals surface area (Å²) in [5.74, 6) is 0.740. The zero-order valence-corrected chi connectivity index (χ0v) is 18.1. The Morgan fingerprint density at radius 3 is 1.45 bits per heavy atom. The van der Waals surface area contributed by atoms with Gasteiger partial charge in [-0.05, 0) is 104 Å². The Morgan fingerprint density at radius 2 is 0.931 bits per heavy atom. The van der Waals surface area contributed by atoms with Crippen molar-refractivity contribution in [2.75, 3.05) is 0 Å². The van der Waals surface area contributed by atoms with Crippen molar-refractivity contribution in [3.8, 4) is 17.2 Å². The summed E-state index contributed by atoms with van der Waals surface area (Å²) in [6.45, 7) is 12.0. The number of rotatable bonds is 4. The molecule has 0 spiro atoms. The summed E-state index contributed by atoms with van der Waals surface area (Å²) in [7, 11) is 0. The molecule has 0 unspecified atom stereocenters. The average molecular weight is 391 g/mol. The first-order valence-corrected chi connectivity index (χ1v) is 9.97. The van der Waals surface area contributed by atoms with E-state index in [1.54, 1.807) is 12.1 Å². The van der Waals surface area contributed by atoms with E-state index in [4.69, 9.17) is 0 Å². The van der Waals surface area contributed by atoms with Crippen LogP contribution >= 0.6 is 0 Å². The van der Waals surface area contributed by atoms with E-state index in [-0.39, 0.29) is 17.2 Å². The normalized spacial score (nSPS) is 11.1. The Morgan fingerprint density at radius 1 is 0.517 bits per heavy atom. The third-order valence-electron chi connectivity index (χ3n) is 6.16. The predicted molar refractivity (Wildman–Crippen MR) is 118 cm³/mol. The highest BCUT2D eigenvalue weighted by Gasteiger charge is 2.17. The zero-order valence-electron chi connectivity index (χ0n) is 18.1. The van der Waals surface area contributed by atoms with Crippen LogP contribution in [0.4, 0.5) is 0 Å². The van der Waals surface area contributed by atoms with Crippen LogP contribution in [0, 0.1) is 41.5 Å². The van der Waals surface area contributed by atoms with Crippen LogP contribution in [0.2, 0.25) is 0 Å². The molecule has 0 amide bonds. The number of phenolic OH excluding ortho intramolecular Hbond substituents is 3. The highest BCUT2D eigenvalue weighted by Crippen LogP contribution is 2.36. The fraction of sp³-hybridized carbons (Fsp3) is 0.308. The first-order chi connectivity index (χ1) is 13.6. The number of hydrogen-bond acceptors (Lipinski definition) is 3. The van der Waals surface area contributed by atoms with E-state index in [1.807, 2.05) is 59.7 Å². The standard InChI is InChI=1S/C26H30O3/c1-14-7-20(24(27)10-16(14)3)12-22-9-18(5)19(6)23(26(22)29)13-21-8-15(2)17(4)11-25(21)28/h7-11,27-29H,12-13H2,1-6H3. The molecule has 3 rings (SSSR count). The Bertz CT molecular complexity index is 1090. The van der Waals surface area contributed by atoms with Crippen LogP contribution < -0.4 is 0 Å². The van der Waals surface area contributed by atoms with Crippen LogP contribution in [0.25, 0.3) is 0 Å². The second kappa shape index (κ2) is 7.82. The minimum atomic E-state index is 0.239. The SMILES string of the molecule is Cc1cc(O)c(Cc2cc(C)c(C)c(Cc3cc(C)c(C)cc3O)c2O)cc1C. The first kappa shape index (κ1) is 20.8. The van der Waals surface area contributed by atoms with Gasteiger partial charge in [-0.25, -0.2) is 0 Å². The largest absolute Gasteiger partial charge is 0.508 e. The Balaban J connectivity index is 2.06. The van der Waals surface area contributed by atoms with Crippen LogP contribution in [0.15, 0.2) is 30.3 Å². The van der Waals surface area contributed by atoms with Crippen LogP contribution in [0.1, 0.15) is 55.6 Å². The van der Waals surface area contributed by atoms with Crippen molar-refractivity contribution in [1.29, 1.82) is 0 Å². The minimum absolute atomic E-state index is 0.239. The molecular formula is C26H30O3. The van der Waals surface area contributed by atoms with Crippen molar-refractivity contribution >= 4 is 0 Å². The topological polar surface area (TPSA) is 60.7 Å². The molecule has 0 heterocycles. The summed E-state index contributed by atoms with van der Waals surface area (Å²) in [6.07, 6.45) is 0.907. The molecule has 3 aromatic carbocycles. The van der Waals surface area contributed by atoms with Crippen LogP contribution in [-0.2, 0) is 12.8 Å². The van der Waals surface area contributed by atoms with Gasteiger partial charge in [-0.3, -0.25) is 0 Å². The molecule has 0 aromatic heterocycles. The molecule has 0 saturated heterocycles. The average Bonchev–Trinajstić information content (AvgIpc) is 2.65. The highest BCUT2D eigenvalue weighted by atomic mass is 16.3. The van der Waals surface area contributed by atoms with E-state index in [0.717, 1.165) is 55.6 Å². The maximum atomic E-state index is 11.1. The molecule has 0 atom stereocenters. The zero-order chi connectivity index (χ0) is 21.5. The van der Waals surface area contributed by atoms with Crippen LogP contribution in [-0.4, -0.2) is 15.3 Å². The molecule has 3 heteroatoms. The fourth-order valence-electron chi connectivity index (χ4n) is 3.80. The molecule has 0 aliphatic carbocycles. The lowest BCUT2D eigenvalue weighted by molar-refractivity contribution is 0.456. The Labute approximate surface area is 173 Å². The fourth-order valence-corrected chi connectivity index (χ4v) is 3.80. The Hall–Kier alpha value is -2.94. The van der Waals surface area contributed by atoms with Crippen molar-refractivity contribution in [1.82, 2.24) is 0 Å². The molecule has 0 saturated carbocycles. The molecule has 152 valence electrons. The molecule has 0 radical (unpaired) electrons. The lowest BCUT2D eigenvalue weighted by Gasteiger charge is -2.18. The summed E-state index contributed by atoms with van der Waals surface area (Å²) in [4.78, 5) is 0. The summed E-state index contributed by atoms with van der Waals surface area (Å²) >= 11 is 0. The number of aromatic hydroxyl groups is 3. The van der Waals surface area contributed by atoms with Gasteiger partial charge in [-0.2, -0.15) is 0 Å². The summed E-state index contributed by atoms with van der Waals surface area (Å²) in [6, 6.07) is 9.51. The van der Waals surface area contributed by atoms with E-state index in [9.17, 15) is 15.3 Å². The predicted octanol–water partition coefficient (Wildman–Crippen LogP) is 5.84. The Kier molecular flexibility index (Phi) is 5.61. The number of phenols is 3. The molecule has 0 bridgehead atoms. The van der Waals surface area contributed by atoms with Gasteiger partial charge in [0.05, 0.1) is 0 Å². The molecule has 0 aliphatic heterocycles. The molecule has 0 fully saturated rings. The van der Waals surface area contributed by atoms with E-state index in [0.29, 0.717) is 12.8 Å². The third-order valence-corrected chi connectivity index (χ3v) is 6.16. The number of aryl methyl sites for hydroxylation is 5. The minimum Gasteiger partial charge on any atom is -0.508 e.